The lowest BCUT2D eigenvalue weighted by Crippen LogP contribution is -2.15. The Morgan fingerprint density at radius 2 is 2.08 bits per heavy atom. The number of benzene rings is 1. The normalized spacial score (nSPS) is 19.6. The average Bonchev–Trinajstić information content (AvgIpc) is 3.08. The predicted octanol–water partition coefficient (Wildman–Crippen LogP) is 3.28. The fraction of sp³-hybridized carbons (Fsp3) is 0.286. The summed E-state index contributed by atoms with van der Waals surface area (Å²) in [5.41, 5.74) is 5.19. The van der Waals surface area contributed by atoms with Crippen molar-refractivity contribution in [3.8, 4) is 0 Å². The molecule has 1 fully saturated rings. The minimum Gasteiger partial charge on any atom is -0.327 e. The van der Waals surface area contributed by atoms with Crippen LogP contribution in [0, 0.1) is 11.6 Å². The van der Waals surface area contributed by atoms with Gasteiger partial charge in [0.25, 0.3) is 5.91 Å². The van der Waals surface area contributed by atoms with Crippen LogP contribution in [0.4, 0.5) is 23.2 Å². The summed E-state index contributed by atoms with van der Waals surface area (Å²) >= 11 is 5.69. The van der Waals surface area contributed by atoms with Crippen molar-refractivity contribution in [1.29, 1.82) is 0 Å². The van der Waals surface area contributed by atoms with Gasteiger partial charge in [-0.2, -0.15) is 13.9 Å². The highest BCUT2D eigenvalue weighted by atomic mass is 35.5. The smallest absolute Gasteiger partial charge is 0.327 e. The van der Waals surface area contributed by atoms with E-state index in [0.717, 1.165) is 12.3 Å². The Labute approximate surface area is 138 Å². The van der Waals surface area contributed by atoms with Crippen molar-refractivity contribution < 1.29 is 22.4 Å². The van der Waals surface area contributed by atoms with Gasteiger partial charge >= 0.3 is 6.55 Å². The molecule has 3 rings (SSSR count). The summed E-state index contributed by atoms with van der Waals surface area (Å²) in [5.74, 6) is -3.41. The minimum atomic E-state index is -2.96. The van der Waals surface area contributed by atoms with Gasteiger partial charge in [0.1, 0.15) is 0 Å². The van der Waals surface area contributed by atoms with Gasteiger partial charge in [-0.15, -0.1) is 0 Å². The third kappa shape index (κ3) is 3.09. The first kappa shape index (κ1) is 16.7. The number of amides is 1. The van der Waals surface area contributed by atoms with Crippen molar-refractivity contribution in [3.63, 3.8) is 0 Å². The Kier molecular flexibility index (Phi) is 4.22. The van der Waals surface area contributed by atoms with E-state index in [4.69, 9.17) is 17.3 Å². The van der Waals surface area contributed by atoms with E-state index in [-0.39, 0.29) is 32.9 Å². The molecule has 1 aromatic heterocycles. The molecule has 0 saturated heterocycles. The summed E-state index contributed by atoms with van der Waals surface area (Å²) in [6.45, 7) is -2.96. The summed E-state index contributed by atoms with van der Waals surface area (Å²) in [6, 6.07) is 1.77. The maximum atomic E-state index is 13.8. The zero-order valence-electron chi connectivity index (χ0n) is 11.9. The van der Waals surface area contributed by atoms with E-state index in [2.05, 4.69) is 10.4 Å². The third-order valence-electron chi connectivity index (χ3n) is 3.66. The van der Waals surface area contributed by atoms with E-state index < -0.39 is 29.8 Å². The first-order chi connectivity index (χ1) is 11.3. The number of carbonyl (C=O) groups is 1. The lowest BCUT2D eigenvalue weighted by molar-refractivity contribution is 0.0561. The van der Waals surface area contributed by atoms with Gasteiger partial charge in [-0.25, -0.2) is 13.5 Å². The molecule has 0 aliphatic heterocycles. The fourth-order valence-electron chi connectivity index (χ4n) is 2.34. The summed E-state index contributed by atoms with van der Waals surface area (Å²) in [4.78, 5) is 12.1. The molecule has 2 aromatic rings. The number of hydrogen-bond acceptors (Lipinski definition) is 3. The summed E-state index contributed by atoms with van der Waals surface area (Å²) in [5, 5.41) is 5.34. The van der Waals surface area contributed by atoms with E-state index >= 15 is 0 Å². The molecule has 1 saturated carbocycles. The van der Waals surface area contributed by atoms with Crippen molar-refractivity contribution in [2.45, 2.75) is 24.9 Å². The highest BCUT2D eigenvalue weighted by molar-refractivity contribution is 6.34. The monoisotopic (exact) mass is 362 g/mol. The van der Waals surface area contributed by atoms with E-state index in [1.807, 2.05) is 0 Å². The standard InChI is InChI=1S/C14H11ClF4N4O/c15-8-4-23(14(18)19)22-12(8)13(24)21-5-1-7(6-3-10(6)20)11(17)9(16)2-5/h1-2,4,6,10,14H,3,20H2,(H,21,24)/t6-,10-/m1/s1. The molecule has 1 aromatic carbocycles. The molecule has 10 heteroatoms. The van der Waals surface area contributed by atoms with Crippen LogP contribution >= 0.6 is 11.6 Å². The predicted molar refractivity (Wildman–Crippen MR) is 78.1 cm³/mol. The van der Waals surface area contributed by atoms with E-state index in [9.17, 15) is 22.4 Å². The summed E-state index contributed by atoms with van der Waals surface area (Å²) in [6.07, 6.45) is 1.30. The molecule has 128 valence electrons. The number of halogens is 5. The SMILES string of the molecule is N[C@@H]1C[C@@H]1c1cc(NC(=O)c2nn(C(F)F)cc2Cl)cc(F)c1F. The van der Waals surface area contributed by atoms with E-state index in [0.29, 0.717) is 6.42 Å². The Morgan fingerprint density at radius 1 is 1.42 bits per heavy atom. The van der Waals surface area contributed by atoms with E-state index in [1.54, 1.807) is 0 Å². The number of alkyl halides is 2. The molecule has 5 nitrogen and oxygen atoms in total. The fourth-order valence-corrected chi connectivity index (χ4v) is 2.56. The number of anilines is 1. The second-order valence-electron chi connectivity index (χ2n) is 5.40. The third-order valence-corrected chi connectivity index (χ3v) is 3.93. The molecule has 0 spiro atoms. The number of nitrogens with zero attached hydrogens (tertiary/aromatic N) is 2. The molecule has 0 bridgehead atoms. The van der Waals surface area contributed by atoms with Crippen LogP contribution < -0.4 is 11.1 Å². The van der Waals surface area contributed by atoms with Gasteiger partial charge < -0.3 is 11.1 Å². The molecule has 0 unspecified atom stereocenters. The van der Waals surface area contributed by atoms with Crippen molar-refractivity contribution in [1.82, 2.24) is 9.78 Å². The quantitative estimate of drug-likeness (QED) is 0.820. The first-order valence-electron chi connectivity index (χ1n) is 6.86. The number of nitrogens with one attached hydrogen (secondary N) is 1. The number of nitrogens with two attached hydrogens (primary N) is 1. The lowest BCUT2D eigenvalue weighted by atomic mass is 10.1. The molecular formula is C14H11ClF4N4O. The Hall–Kier alpha value is -2.13. The van der Waals surface area contributed by atoms with Gasteiger partial charge in [-0.05, 0) is 18.1 Å². The maximum Gasteiger partial charge on any atom is 0.333 e. The van der Waals surface area contributed by atoms with Crippen molar-refractivity contribution in [2.75, 3.05) is 5.32 Å². The number of aromatic nitrogens is 2. The van der Waals surface area contributed by atoms with Gasteiger partial charge in [0, 0.05) is 23.7 Å². The van der Waals surface area contributed by atoms with Crippen LogP contribution in [0.1, 0.15) is 34.9 Å². The number of carbonyl (C=O) groups excluding carboxylic acids is 1. The highest BCUT2D eigenvalue weighted by Gasteiger charge is 2.38. The molecule has 1 heterocycles. The van der Waals surface area contributed by atoms with Crippen molar-refractivity contribution in [2.24, 2.45) is 5.73 Å². The Morgan fingerprint density at radius 3 is 2.62 bits per heavy atom. The molecule has 24 heavy (non-hydrogen) atoms. The van der Waals surface area contributed by atoms with Crippen molar-refractivity contribution >= 4 is 23.2 Å². The van der Waals surface area contributed by atoms with Gasteiger partial charge in [0.05, 0.1) is 11.2 Å². The molecule has 1 aliphatic carbocycles. The average molecular weight is 363 g/mol. The zero-order chi connectivity index (χ0) is 17.6. The van der Waals surface area contributed by atoms with Crippen LogP contribution in [0.15, 0.2) is 18.3 Å². The summed E-state index contributed by atoms with van der Waals surface area (Å²) < 4.78 is 52.8. The van der Waals surface area contributed by atoms with Crippen LogP contribution in [-0.2, 0) is 0 Å². The van der Waals surface area contributed by atoms with Crippen LogP contribution in [0.25, 0.3) is 0 Å². The first-order valence-corrected chi connectivity index (χ1v) is 7.24. The van der Waals surface area contributed by atoms with Gasteiger partial charge in [-0.3, -0.25) is 4.79 Å². The molecule has 0 radical (unpaired) electrons. The van der Waals surface area contributed by atoms with E-state index in [1.165, 1.54) is 6.07 Å². The number of rotatable bonds is 4. The molecule has 1 amide bonds. The molecule has 2 atom stereocenters. The van der Waals surface area contributed by atoms with Gasteiger partial charge in [0.15, 0.2) is 17.3 Å². The Balaban J connectivity index is 1.86. The van der Waals surface area contributed by atoms with Crippen LogP contribution in [0.2, 0.25) is 5.02 Å². The maximum absolute atomic E-state index is 13.8. The Bertz CT molecular complexity index is 810. The number of hydrogen-bond donors (Lipinski definition) is 2. The van der Waals surface area contributed by atoms with Crippen molar-refractivity contribution in [3.05, 3.63) is 46.2 Å². The zero-order valence-corrected chi connectivity index (χ0v) is 12.7. The van der Waals surface area contributed by atoms with Crippen LogP contribution in [0.3, 0.4) is 0 Å². The highest BCUT2D eigenvalue weighted by Crippen LogP contribution is 2.41. The van der Waals surface area contributed by atoms with Gasteiger partial charge in [0.2, 0.25) is 0 Å². The largest absolute Gasteiger partial charge is 0.333 e. The molecule has 3 N–H and O–H groups in total. The molecule has 1 aliphatic rings. The topological polar surface area (TPSA) is 72.9 Å². The van der Waals surface area contributed by atoms with Crippen LogP contribution in [0.5, 0.6) is 0 Å². The van der Waals surface area contributed by atoms with Gasteiger partial charge in [-0.1, -0.05) is 11.6 Å². The second kappa shape index (κ2) is 6.06. The summed E-state index contributed by atoms with van der Waals surface area (Å²) in [7, 11) is 0. The second-order valence-corrected chi connectivity index (χ2v) is 5.81. The molecular weight excluding hydrogens is 352 g/mol. The lowest BCUT2D eigenvalue weighted by Gasteiger charge is -2.09. The minimum absolute atomic E-state index is 0.0457. The van der Waals surface area contributed by atoms with Crippen LogP contribution in [-0.4, -0.2) is 21.7 Å².